The molecule has 0 radical (unpaired) electrons. The fraction of sp³-hybridized carbons (Fsp3) is 1.00. The van der Waals surface area contributed by atoms with Gasteiger partial charge in [-0.15, -0.1) is 0 Å². The van der Waals surface area contributed by atoms with E-state index >= 15 is 0 Å². The van der Waals surface area contributed by atoms with Gasteiger partial charge in [-0.05, 0) is 6.92 Å². The summed E-state index contributed by atoms with van der Waals surface area (Å²) in [6.45, 7) is 3.30. The molecule has 0 saturated carbocycles. The zero-order valence-electron chi connectivity index (χ0n) is 6.64. The number of hydrogen-bond acceptors (Lipinski definition) is 2. The molecule has 2 nitrogen and oxygen atoms in total. The summed E-state index contributed by atoms with van der Waals surface area (Å²) in [6, 6.07) is 0. The Bertz CT molecular complexity index is 132. The van der Waals surface area contributed by atoms with Gasteiger partial charge in [-0.1, -0.05) is 13.3 Å². The number of halogens is 2. The van der Waals surface area contributed by atoms with E-state index in [1.165, 1.54) is 0 Å². The lowest BCUT2D eigenvalue weighted by molar-refractivity contribution is -0.429. The average Bonchev–Trinajstić information content (AvgIpc) is 1.81. The molecule has 11 heavy (non-hydrogen) atoms. The molecule has 66 valence electrons. The van der Waals surface area contributed by atoms with Crippen LogP contribution in [-0.4, -0.2) is 18.5 Å². The van der Waals surface area contributed by atoms with Gasteiger partial charge in [-0.3, -0.25) is 0 Å². The zero-order valence-corrected chi connectivity index (χ0v) is 6.64. The monoisotopic (exact) mass is 166 g/mol. The van der Waals surface area contributed by atoms with Crippen molar-refractivity contribution in [3.05, 3.63) is 0 Å². The van der Waals surface area contributed by atoms with E-state index in [0.717, 1.165) is 0 Å². The highest BCUT2D eigenvalue weighted by Crippen LogP contribution is 2.34. The van der Waals surface area contributed by atoms with E-state index in [2.05, 4.69) is 9.47 Å². The summed E-state index contributed by atoms with van der Waals surface area (Å²) < 4.78 is 35.0. The fourth-order valence-electron chi connectivity index (χ4n) is 1.01. The largest absolute Gasteiger partial charge is 0.318 e. The highest BCUT2D eigenvalue weighted by molar-refractivity contribution is 4.74. The van der Waals surface area contributed by atoms with Crippen LogP contribution in [0.2, 0.25) is 0 Å². The molecular formula is C7H12F2O2. The molecule has 0 atom stereocenters. The van der Waals surface area contributed by atoms with E-state index in [9.17, 15) is 8.78 Å². The first-order valence-electron chi connectivity index (χ1n) is 3.75. The van der Waals surface area contributed by atoms with Gasteiger partial charge in [0, 0.05) is 6.42 Å². The molecule has 1 aliphatic rings. The van der Waals surface area contributed by atoms with Crippen LogP contribution < -0.4 is 0 Å². The Labute approximate surface area is 64.5 Å². The van der Waals surface area contributed by atoms with Crippen molar-refractivity contribution in [1.29, 1.82) is 0 Å². The van der Waals surface area contributed by atoms with Crippen LogP contribution in [0.1, 0.15) is 26.7 Å². The molecule has 0 amide bonds. The molecule has 1 fully saturated rings. The van der Waals surface area contributed by atoms with Gasteiger partial charge < -0.3 is 9.47 Å². The number of rotatable bonds is 3. The summed E-state index contributed by atoms with van der Waals surface area (Å²) >= 11 is 0. The van der Waals surface area contributed by atoms with Crippen LogP contribution in [-0.2, 0) is 9.47 Å². The van der Waals surface area contributed by atoms with Gasteiger partial charge >= 0.3 is 0 Å². The van der Waals surface area contributed by atoms with Crippen molar-refractivity contribution in [3.8, 4) is 0 Å². The van der Waals surface area contributed by atoms with Crippen molar-refractivity contribution in [3.63, 3.8) is 0 Å². The molecule has 0 aromatic heterocycles. The van der Waals surface area contributed by atoms with Gasteiger partial charge in [0.1, 0.15) is 0 Å². The van der Waals surface area contributed by atoms with Crippen LogP contribution >= 0.6 is 0 Å². The highest BCUT2D eigenvalue weighted by Gasteiger charge is 2.47. The first kappa shape index (κ1) is 8.87. The first-order valence-corrected chi connectivity index (χ1v) is 3.75. The minimum absolute atomic E-state index is 0.176. The van der Waals surface area contributed by atoms with Crippen LogP contribution in [0, 0.1) is 0 Å². The third-order valence-corrected chi connectivity index (χ3v) is 1.56. The number of alkyl halides is 2. The molecular weight excluding hydrogens is 154 g/mol. The van der Waals surface area contributed by atoms with Gasteiger partial charge in [0.05, 0.1) is 0 Å². The molecule has 1 heterocycles. The Hall–Kier alpha value is -0.220. The summed E-state index contributed by atoms with van der Waals surface area (Å²) in [5.41, 5.74) is 0. The van der Waals surface area contributed by atoms with Gasteiger partial charge in [-0.25, -0.2) is 8.78 Å². The predicted molar refractivity (Wildman–Crippen MR) is 35.3 cm³/mol. The maximum Gasteiger partial charge on any atom is 0.298 e. The van der Waals surface area contributed by atoms with Crippen molar-refractivity contribution in [2.45, 2.75) is 45.2 Å². The van der Waals surface area contributed by atoms with Crippen LogP contribution in [0.15, 0.2) is 0 Å². The summed E-state index contributed by atoms with van der Waals surface area (Å²) in [5, 5.41) is 0. The molecule has 0 unspecified atom stereocenters. The van der Waals surface area contributed by atoms with E-state index in [-0.39, 0.29) is 6.42 Å². The van der Waals surface area contributed by atoms with Crippen molar-refractivity contribution in [2.24, 2.45) is 0 Å². The molecule has 0 bridgehead atoms. The topological polar surface area (TPSA) is 18.5 Å². The molecule has 0 aliphatic carbocycles. The van der Waals surface area contributed by atoms with Crippen LogP contribution in [0.5, 0.6) is 0 Å². The molecule has 1 aliphatic heterocycles. The Balaban J connectivity index is 2.33. The van der Waals surface area contributed by atoms with E-state index in [0.29, 0.717) is 6.42 Å². The second kappa shape index (κ2) is 3.03. The molecule has 0 N–H and O–H groups in total. The predicted octanol–water partition coefficient (Wildman–Crippen LogP) is 2.14. The Morgan fingerprint density at radius 3 is 2.27 bits per heavy atom. The smallest absolute Gasteiger partial charge is 0.298 e. The maximum absolute atomic E-state index is 12.8. The van der Waals surface area contributed by atoms with E-state index in [1.807, 2.05) is 0 Å². The second-order valence-electron chi connectivity index (χ2n) is 2.68. The number of ether oxygens (including phenoxy) is 2. The van der Waals surface area contributed by atoms with Crippen molar-refractivity contribution in [1.82, 2.24) is 0 Å². The lowest BCUT2D eigenvalue weighted by Gasteiger charge is -2.38. The average molecular weight is 166 g/mol. The van der Waals surface area contributed by atoms with Gasteiger partial charge in [0.25, 0.3) is 5.92 Å². The summed E-state index contributed by atoms with van der Waals surface area (Å²) in [7, 11) is 0. The lowest BCUT2D eigenvalue weighted by atomic mass is 10.2. The quantitative estimate of drug-likeness (QED) is 0.639. The molecule has 1 saturated heterocycles. The SMILES string of the molecule is CCCC(F)(F)C1OC(C)O1. The summed E-state index contributed by atoms with van der Waals surface area (Å²) in [5.74, 6) is -2.82. The molecule has 1 rings (SSSR count). The fourth-order valence-corrected chi connectivity index (χ4v) is 1.01. The molecule has 0 aromatic carbocycles. The van der Waals surface area contributed by atoms with Crippen molar-refractivity contribution < 1.29 is 18.3 Å². The van der Waals surface area contributed by atoms with Gasteiger partial charge in [-0.2, -0.15) is 0 Å². The highest BCUT2D eigenvalue weighted by atomic mass is 19.3. The third kappa shape index (κ3) is 1.87. The Morgan fingerprint density at radius 1 is 1.36 bits per heavy atom. The Morgan fingerprint density at radius 2 is 1.91 bits per heavy atom. The normalized spacial score (nSPS) is 31.6. The second-order valence-corrected chi connectivity index (χ2v) is 2.68. The standard InChI is InChI=1S/C7H12F2O2/c1-3-4-7(8,9)6-10-5(2)11-6/h5-6H,3-4H2,1-2H3. The zero-order chi connectivity index (χ0) is 8.48. The van der Waals surface area contributed by atoms with E-state index in [4.69, 9.17) is 0 Å². The summed E-state index contributed by atoms with van der Waals surface area (Å²) in [6.07, 6.45) is -1.52. The molecule has 0 spiro atoms. The molecule has 0 aromatic rings. The maximum atomic E-state index is 12.8. The minimum Gasteiger partial charge on any atom is -0.318 e. The first-order chi connectivity index (χ1) is 5.06. The molecule has 4 heteroatoms. The third-order valence-electron chi connectivity index (χ3n) is 1.56. The summed E-state index contributed by atoms with van der Waals surface area (Å²) in [4.78, 5) is 0. The number of hydrogen-bond donors (Lipinski definition) is 0. The van der Waals surface area contributed by atoms with Crippen molar-refractivity contribution >= 4 is 0 Å². The van der Waals surface area contributed by atoms with E-state index < -0.39 is 18.5 Å². The van der Waals surface area contributed by atoms with Crippen LogP contribution in [0.4, 0.5) is 8.78 Å². The Kier molecular flexibility index (Phi) is 2.44. The van der Waals surface area contributed by atoms with Gasteiger partial charge in [0.2, 0.25) is 6.29 Å². The van der Waals surface area contributed by atoms with Gasteiger partial charge in [0.15, 0.2) is 6.29 Å². The van der Waals surface area contributed by atoms with Crippen LogP contribution in [0.3, 0.4) is 0 Å². The van der Waals surface area contributed by atoms with Crippen LogP contribution in [0.25, 0.3) is 0 Å². The lowest BCUT2D eigenvalue weighted by Crippen LogP contribution is -2.50. The van der Waals surface area contributed by atoms with Crippen molar-refractivity contribution in [2.75, 3.05) is 0 Å². The van der Waals surface area contributed by atoms with E-state index in [1.54, 1.807) is 13.8 Å². The minimum atomic E-state index is -2.82.